The molecule has 2 N–H and O–H groups in total. The topological polar surface area (TPSA) is 56.7 Å². The van der Waals surface area contributed by atoms with Crippen LogP contribution in [0, 0.1) is 6.92 Å². The molecule has 0 bridgehead atoms. The maximum atomic E-state index is 5.62. The minimum Gasteiger partial charge on any atom is -0.384 e. The van der Waals surface area contributed by atoms with E-state index in [-0.39, 0.29) is 0 Å². The van der Waals surface area contributed by atoms with E-state index < -0.39 is 0 Å². The molecule has 0 unspecified atom stereocenters. The third-order valence-corrected chi connectivity index (χ3v) is 2.55. The van der Waals surface area contributed by atoms with Gasteiger partial charge in [0.25, 0.3) is 0 Å². The van der Waals surface area contributed by atoms with Crippen LogP contribution in [-0.2, 0) is 0 Å². The first-order valence-corrected chi connectivity index (χ1v) is 4.89. The molecule has 0 aliphatic rings. The van der Waals surface area contributed by atoms with E-state index in [0.717, 1.165) is 16.0 Å². The Kier molecular flexibility index (Phi) is 2.25. The second kappa shape index (κ2) is 3.42. The van der Waals surface area contributed by atoms with Crippen molar-refractivity contribution in [3.63, 3.8) is 0 Å². The van der Waals surface area contributed by atoms with Crippen molar-refractivity contribution in [3.8, 4) is 5.69 Å². The van der Waals surface area contributed by atoms with E-state index in [2.05, 4.69) is 25.9 Å². The van der Waals surface area contributed by atoms with Gasteiger partial charge in [-0.05, 0) is 22.9 Å². The Morgan fingerprint density at radius 1 is 1.43 bits per heavy atom. The molecular weight excluding hydrogens is 244 g/mol. The highest BCUT2D eigenvalue weighted by Crippen LogP contribution is 2.22. The normalized spacial score (nSPS) is 10.4. The molecule has 5 heteroatoms. The molecular formula is C9H9BrN4. The van der Waals surface area contributed by atoms with Crippen LogP contribution in [0.25, 0.3) is 5.69 Å². The summed E-state index contributed by atoms with van der Waals surface area (Å²) in [6.45, 7) is 1.93. The predicted molar refractivity (Wildman–Crippen MR) is 58.2 cm³/mol. The van der Waals surface area contributed by atoms with Gasteiger partial charge in [0.1, 0.15) is 11.6 Å². The van der Waals surface area contributed by atoms with E-state index in [1.54, 1.807) is 18.5 Å². The molecule has 4 nitrogen and oxygen atoms in total. The fourth-order valence-corrected chi connectivity index (χ4v) is 1.67. The quantitative estimate of drug-likeness (QED) is 0.844. The number of nitrogens with zero attached hydrogens (tertiary/aromatic N) is 3. The molecule has 0 spiro atoms. The van der Waals surface area contributed by atoms with Crippen molar-refractivity contribution in [2.75, 3.05) is 5.73 Å². The summed E-state index contributed by atoms with van der Waals surface area (Å²) in [5, 5.41) is 0. The van der Waals surface area contributed by atoms with E-state index >= 15 is 0 Å². The van der Waals surface area contributed by atoms with E-state index in [9.17, 15) is 0 Å². The second-order valence-corrected chi connectivity index (χ2v) is 3.76. The SMILES string of the molecule is Cc1nccn1-c1cc(N)ncc1Br. The Labute approximate surface area is 89.9 Å². The van der Waals surface area contributed by atoms with Crippen molar-refractivity contribution < 1.29 is 0 Å². The van der Waals surface area contributed by atoms with Crippen molar-refractivity contribution in [2.45, 2.75) is 6.92 Å². The third kappa shape index (κ3) is 1.50. The van der Waals surface area contributed by atoms with Gasteiger partial charge in [-0.1, -0.05) is 0 Å². The molecule has 2 aromatic rings. The van der Waals surface area contributed by atoms with Crippen LogP contribution >= 0.6 is 15.9 Å². The molecule has 72 valence electrons. The van der Waals surface area contributed by atoms with E-state index in [1.165, 1.54) is 0 Å². The lowest BCUT2D eigenvalue weighted by atomic mass is 10.4. The zero-order valence-electron chi connectivity index (χ0n) is 7.61. The average molecular weight is 253 g/mol. The highest BCUT2D eigenvalue weighted by atomic mass is 79.9. The summed E-state index contributed by atoms with van der Waals surface area (Å²) in [4.78, 5) is 8.12. The van der Waals surface area contributed by atoms with Crippen LogP contribution in [0.15, 0.2) is 29.1 Å². The molecule has 2 aromatic heterocycles. The summed E-state index contributed by atoms with van der Waals surface area (Å²) in [7, 11) is 0. The first-order chi connectivity index (χ1) is 6.68. The number of aromatic nitrogens is 3. The first kappa shape index (κ1) is 9.21. The van der Waals surface area contributed by atoms with Crippen LogP contribution < -0.4 is 5.73 Å². The van der Waals surface area contributed by atoms with Gasteiger partial charge in [0, 0.05) is 24.7 Å². The van der Waals surface area contributed by atoms with Gasteiger partial charge in [0.05, 0.1) is 10.2 Å². The van der Waals surface area contributed by atoms with Gasteiger partial charge in [-0.2, -0.15) is 0 Å². The van der Waals surface area contributed by atoms with Gasteiger partial charge >= 0.3 is 0 Å². The highest BCUT2D eigenvalue weighted by molar-refractivity contribution is 9.10. The van der Waals surface area contributed by atoms with Gasteiger partial charge in [-0.15, -0.1) is 0 Å². The van der Waals surface area contributed by atoms with Crippen LogP contribution in [0.4, 0.5) is 5.82 Å². The number of nitrogens with two attached hydrogens (primary N) is 1. The Balaban J connectivity index is 2.62. The Morgan fingerprint density at radius 2 is 2.21 bits per heavy atom. The monoisotopic (exact) mass is 252 g/mol. The number of pyridine rings is 1. The minimum atomic E-state index is 0.497. The van der Waals surface area contributed by atoms with Gasteiger partial charge < -0.3 is 10.3 Å². The molecule has 14 heavy (non-hydrogen) atoms. The summed E-state index contributed by atoms with van der Waals surface area (Å²) >= 11 is 3.42. The number of aryl methyl sites for hydroxylation is 1. The number of halogens is 1. The largest absolute Gasteiger partial charge is 0.384 e. The average Bonchev–Trinajstić information content (AvgIpc) is 2.56. The van der Waals surface area contributed by atoms with Gasteiger partial charge in [-0.3, -0.25) is 0 Å². The number of nitrogen functional groups attached to an aromatic ring is 1. The van der Waals surface area contributed by atoms with Crippen molar-refractivity contribution in [1.29, 1.82) is 0 Å². The molecule has 0 aliphatic heterocycles. The smallest absolute Gasteiger partial charge is 0.125 e. The fraction of sp³-hybridized carbons (Fsp3) is 0.111. The van der Waals surface area contributed by atoms with Crippen molar-refractivity contribution in [2.24, 2.45) is 0 Å². The molecule has 0 amide bonds. The van der Waals surface area contributed by atoms with Gasteiger partial charge in [0.2, 0.25) is 0 Å². The molecule has 0 saturated heterocycles. The molecule has 0 aromatic carbocycles. The lowest BCUT2D eigenvalue weighted by molar-refractivity contribution is 0.965. The lowest BCUT2D eigenvalue weighted by Gasteiger charge is -2.07. The number of anilines is 1. The summed E-state index contributed by atoms with van der Waals surface area (Å²) < 4.78 is 2.84. The molecule has 2 rings (SSSR count). The van der Waals surface area contributed by atoms with Crippen LogP contribution in [0.5, 0.6) is 0 Å². The summed E-state index contributed by atoms with van der Waals surface area (Å²) in [6, 6.07) is 1.80. The van der Waals surface area contributed by atoms with Crippen molar-refractivity contribution in [3.05, 3.63) is 35.0 Å². The molecule has 2 heterocycles. The molecule has 0 atom stereocenters. The van der Waals surface area contributed by atoms with Crippen LogP contribution in [0.3, 0.4) is 0 Å². The molecule has 0 fully saturated rings. The van der Waals surface area contributed by atoms with Crippen LogP contribution in [-0.4, -0.2) is 14.5 Å². The zero-order chi connectivity index (χ0) is 10.1. The Hall–Kier alpha value is -1.36. The molecule has 0 saturated carbocycles. The Bertz CT molecular complexity index is 464. The minimum absolute atomic E-state index is 0.497. The number of hydrogen-bond donors (Lipinski definition) is 1. The number of imidazole rings is 1. The number of rotatable bonds is 1. The summed E-state index contributed by atoms with van der Waals surface area (Å²) in [5.74, 6) is 1.41. The third-order valence-electron chi connectivity index (χ3n) is 1.94. The Morgan fingerprint density at radius 3 is 2.86 bits per heavy atom. The zero-order valence-corrected chi connectivity index (χ0v) is 9.19. The van der Waals surface area contributed by atoms with Gasteiger partial charge in [0.15, 0.2) is 0 Å². The van der Waals surface area contributed by atoms with Crippen molar-refractivity contribution in [1.82, 2.24) is 14.5 Å². The standard InChI is InChI=1S/C9H9BrN4/c1-6-12-2-3-14(6)8-4-9(11)13-5-7(8)10/h2-5H,1H3,(H2,11,13). The van der Waals surface area contributed by atoms with Crippen LogP contribution in [0.2, 0.25) is 0 Å². The highest BCUT2D eigenvalue weighted by Gasteiger charge is 2.05. The summed E-state index contributed by atoms with van der Waals surface area (Å²) in [5.41, 5.74) is 6.57. The predicted octanol–water partition coefficient (Wildman–Crippen LogP) is 1.92. The van der Waals surface area contributed by atoms with E-state index in [0.29, 0.717) is 5.82 Å². The molecule has 0 radical (unpaired) electrons. The number of hydrogen-bond acceptors (Lipinski definition) is 3. The van der Waals surface area contributed by atoms with E-state index in [1.807, 2.05) is 17.7 Å². The maximum Gasteiger partial charge on any atom is 0.125 e. The molecule has 0 aliphatic carbocycles. The lowest BCUT2D eigenvalue weighted by Crippen LogP contribution is -1.99. The van der Waals surface area contributed by atoms with Crippen LogP contribution in [0.1, 0.15) is 5.82 Å². The van der Waals surface area contributed by atoms with E-state index in [4.69, 9.17) is 5.73 Å². The fourth-order valence-electron chi connectivity index (χ4n) is 1.26. The summed E-state index contributed by atoms with van der Waals surface area (Å²) in [6.07, 6.45) is 5.32. The van der Waals surface area contributed by atoms with Gasteiger partial charge in [-0.25, -0.2) is 9.97 Å². The second-order valence-electron chi connectivity index (χ2n) is 2.91. The maximum absolute atomic E-state index is 5.62. The van der Waals surface area contributed by atoms with Crippen molar-refractivity contribution >= 4 is 21.7 Å². The first-order valence-electron chi connectivity index (χ1n) is 4.10.